The van der Waals surface area contributed by atoms with Gasteiger partial charge < -0.3 is 10.5 Å². The third-order valence-electron chi connectivity index (χ3n) is 2.80. The number of benzene rings is 2. The summed E-state index contributed by atoms with van der Waals surface area (Å²) in [5.41, 5.74) is 7.71. The molecular formula is C15H15BrFNO. The Bertz CT molecular complexity index is 586. The summed E-state index contributed by atoms with van der Waals surface area (Å²) in [5, 5.41) is 0. The Balaban J connectivity index is 2.26. The standard InChI is InChI=1S/C15H15BrFNO/c1-10-2-3-11(6-7-18)8-15(10)19-12-4-5-14(17)13(16)9-12/h2-5,8-9H,6-7,18H2,1H3. The van der Waals surface area contributed by atoms with Crippen molar-refractivity contribution in [3.8, 4) is 11.5 Å². The summed E-state index contributed by atoms with van der Waals surface area (Å²) in [6.07, 6.45) is 0.809. The van der Waals surface area contributed by atoms with Gasteiger partial charge in [-0.25, -0.2) is 4.39 Å². The Morgan fingerprint density at radius 2 is 2.00 bits per heavy atom. The maximum Gasteiger partial charge on any atom is 0.137 e. The predicted molar refractivity (Wildman–Crippen MR) is 78.1 cm³/mol. The first kappa shape index (κ1) is 14.0. The van der Waals surface area contributed by atoms with E-state index >= 15 is 0 Å². The largest absolute Gasteiger partial charge is 0.457 e. The molecule has 0 aliphatic carbocycles. The van der Waals surface area contributed by atoms with E-state index in [-0.39, 0.29) is 5.82 Å². The van der Waals surface area contributed by atoms with Crippen molar-refractivity contribution in [3.63, 3.8) is 0 Å². The fourth-order valence-corrected chi connectivity index (χ4v) is 2.10. The van der Waals surface area contributed by atoms with Crippen molar-refractivity contribution < 1.29 is 9.13 Å². The zero-order valence-corrected chi connectivity index (χ0v) is 12.2. The molecule has 0 aliphatic rings. The van der Waals surface area contributed by atoms with Crippen LogP contribution in [0, 0.1) is 12.7 Å². The van der Waals surface area contributed by atoms with E-state index in [1.165, 1.54) is 6.07 Å². The van der Waals surface area contributed by atoms with Gasteiger partial charge in [0, 0.05) is 0 Å². The van der Waals surface area contributed by atoms with E-state index in [2.05, 4.69) is 15.9 Å². The van der Waals surface area contributed by atoms with Gasteiger partial charge in [-0.3, -0.25) is 0 Å². The number of nitrogens with two attached hydrogens (primary N) is 1. The SMILES string of the molecule is Cc1ccc(CCN)cc1Oc1ccc(F)c(Br)c1. The molecule has 2 nitrogen and oxygen atoms in total. The van der Waals surface area contributed by atoms with Crippen LogP contribution in [0.3, 0.4) is 0 Å². The lowest BCUT2D eigenvalue weighted by Crippen LogP contribution is -2.02. The molecule has 4 heteroatoms. The summed E-state index contributed by atoms with van der Waals surface area (Å²) in [6, 6.07) is 10.6. The lowest BCUT2D eigenvalue weighted by atomic mass is 10.1. The first-order valence-corrected chi connectivity index (χ1v) is 6.82. The highest BCUT2D eigenvalue weighted by atomic mass is 79.9. The van der Waals surface area contributed by atoms with Crippen LogP contribution in [0.5, 0.6) is 11.5 Å². The number of halogens is 2. The molecule has 2 aromatic rings. The lowest BCUT2D eigenvalue weighted by Gasteiger charge is -2.11. The summed E-state index contributed by atoms with van der Waals surface area (Å²) in [4.78, 5) is 0. The summed E-state index contributed by atoms with van der Waals surface area (Å²) >= 11 is 3.15. The molecule has 0 aromatic heterocycles. The van der Waals surface area contributed by atoms with Crippen LogP contribution in [-0.4, -0.2) is 6.54 Å². The van der Waals surface area contributed by atoms with E-state index in [1.54, 1.807) is 12.1 Å². The fourth-order valence-electron chi connectivity index (χ4n) is 1.74. The van der Waals surface area contributed by atoms with Crippen LogP contribution in [0.1, 0.15) is 11.1 Å². The highest BCUT2D eigenvalue weighted by Crippen LogP contribution is 2.29. The first-order chi connectivity index (χ1) is 9.10. The zero-order valence-electron chi connectivity index (χ0n) is 10.6. The van der Waals surface area contributed by atoms with Gasteiger partial charge in [0.2, 0.25) is 0 Å². The summed E-state index contributed by atoms with van der Waals surface area (Å²) in [5.74, 6) is 1.06. The topological polar surface area (TPSA) is 35.2 Å². The van der Waals surface area contributed by atoms with Crippen LogP contribution in [0.4, 0.5) is 4.39 Å². The second-order valence-electron chi connectivity index (χ2n) is 4.32. The number of hydrogen-bond acceptors (Lipinski definition) is 2. The molecule has 0 aliphatic heterocycles. The number of aryl methyl sites for hydroxylation is 1. The highest BCUT2D eigenvalue weighted by molar-refractivity contribution is 9.10. The van der Waals surface area contributed by atoms with Crippen LogP contribution in [0.2, 0.25) is 0 Å². The molecule has 19 heavy (non-hydrogen) atoms. The minimum Gasteiger partial charge on any atom is -0.457 e. The second-order valence-corrected chi connectivity index (χ2v) is 5.17. The predicted octanol–water partition coefficient (Wildman–Crippen LogP) is 4.19. The van der Waals surface area contributed by atoms with Crippen molar-refractivity contribution in [2.24, 2.45) is 5.73 Å². The van der Waals surface area contributed by atoms with Crippen molar-refractivity contribution in [1.29, 1.82) is 0 Å². The third kappa shape index (κ3) is 3.55. The molecular weight excluding hydrogens is 309 g/mol. The Morgan fingerprint density at radius 3 is 2.68 bits per heavy atom. The Morgan fingerprint density at radius 1 is 1.21 bits per heavy atom. The number of hydrogen-bond donors (Lipinski definition) is 1. The molecule has 0 unspecified atom stereocenters. The van der Waals surface area contributed by atoms with Gasteiger partial charge in [-0.15, -0.1) is 0 Å². The minimum absolute atomic E-state index is 0.305. The van der Waals surface area contributed by atoms with E-state index < -0.39 is 0 Å². The van der Waals surface area contributed by atoms with Gasteiger partial charge in [0.1, 0.15) is 17.3 Å². The quantitative estimate of drug-likeness (QED) is 0.915. The molecule has 0 bridgehead atoms. The van der Waals surface area contributed by atoms with Crippen molar-refractivity contribution in [3.05, 3.63) is 57.8 Å². The van der Waals surface area contributed by atoms with Gasteiger partial charge in [0.25, 0.3) is 0 Å². The van der Waals surface area contributed by atoms with E-state index in [1.807, 2.05) is 25.1 Å². The van der Waals surface area contributed by atoms with Crippen molar-refractivity contribution in [2.75, 3.05) is 6.54 Å². The lowest BCUT2D eigenvalue weighted by molar-refractivity contribution is 0.475. The Hall–Kier alpha value is -1.39. The molecule has 0 spiro atoms. The van der Waals surface area contributed by atoms with Crippen molar-refractivity contribution >= 4 is 15.9 Å². The molecule has 0 fully saturated rings. The molecule has 0 atom stereocenters. The molecule has 2 N–H and O–H groups in total. The maximum absolute atomic E-state index is 13.2. The van der Waals surface area contributed by atoms with Crippen LogP contribution >= 0.6 is 15.9 Å². The normalized spacial score (nSPS) is 10.5. The molecule has 0 saturated heterocycles. The average Bonchev–Trinajstić information content (AvgIpc) is 2.38. The molecule has 0 amide bonds. The van der Waals surface area contributed by atoms with E-state index in [9.17, 15) is 4.39 Å². The van der Waals surface area contributed by atoms with E-state index in [0.29, 0.717) is 16.8 Å². The summed E-state index contributed by atoms with van der Waals surface area (Å²) in [6.45, 7) is 2.57. The molecule has 0 saturated carbocycles. The van der Waals surface area contributed by atoms with Gasteiger partial charge in [-0.05, 0) is 71.2 Å². The van der Waals surface area contributed by atoms with E-state index in [0.717, 1.165) is 23.3 Å². The first-order valence-electron chi connectivity index (χ1n) is 6.02. The molecule has 100 valence electrons. The zero-order chi connectivity index (χ0) is 13.8. The van der Waals surface area contributed by atoms with Gasteiger partial charge in [0.15, 0.2) is 0 Å². The molecule has 2 aromatic carbocycles. The fraction of sp³-hybridized carbons (Fsp3) is 0.200. The number of rotatable bonds is 4. The monoisotopic (exact) mass is 323 g/mol. The molecule has 0 radical (unpaired) electrons. The summed E-state index contributed by atoms with van der Waals surface area (Å²) in [7, 11) is 0. The smallest absolute Gasteiger partial charge is 0.137 e. The van der Waals surface area contributed by atoms with Crippen LogP contribution in [0.15, 0.2) is 40.9 Å². The van der Waals surface area contributed by atoms with Gasteiger partial charge in [-0.2, -0.15) is 0 Å². The van der Waals surface area contributed by atoms with Gasteiger partial charge >= 0.3 is 0 Å². The Labute approximate surface area is 120 Å². The van der Waals surface area contributed by atoms with Crippen molar-refractivity contribution in [1.82, 2.24) is 0 Å². The second kappa shape index (κ2) is 6.17. The summed E-state index contributed by atoms with van der Waals surface area (Å²) < 4.78 is 19.3. The van der Waals surface area contributed by atoms with Gasteiger partial charge in [-0.1, -0.05) is 12.1 Å². The maximum atomic E-state index is 13.2. The van der Waals surface area contributed by atoms with Crippen LogP contribution in [0.25, 0.3) is 0 Å². The van der Waals surface area contributed by atoms with Crippen molar-refractivity contribution in [2.45, 2.75) is 13.3 Å². The Kier molecular flexibility index (Phi) is 4.56. The average molecular weight is 324 g/mol. The third-order valence-corrected chi connectivity index (χ3v) is 3.41. The minimum atomic E-state index is -0.305. The van der Waals surface area contributed by atoms with Gasteiger partial charge in [0.05, 0.1) is 4.47 Å². The van der Waals surface area contributed by atoms with Crippen LogP contribution in [-0.2, 0) is 6.42 Å². The van der Waals surface area contributed by atoms with E-state index in [4.69, 9.17) is 10.5 Å². The number of ether oxygens (including phenoxy) is 1. The molecule has 0 heterocycles. The highest BCUT2D eigenvalue weighted by Gasteiger charge is 2.06. The molecule has 2 rings (SSSR count). The van der Waals surface area contributed by atoms with Crippen LogP contribution < -0.4 is 10.5 Å².